The maximum absolute atomic E-state index is 11.5. The molecule has 0 spiro atoms. The lowest BCUT2D eigenvalue weighted by Crippen LogP contribution is -2.47. The van der Waals surface area contributed by atoms with E-state index in [2.05, 4.69) is 29.2 Å². The Balaban J connectivity index is 1.52. The fourth-order valence-electron chi connectivity index (χ4n) is 3.67. The van der Waals surface area contributed by atoms with Gasteiger partial charge >= 0.3 is 0 Å². The molecular weight excluding hydrogens is 340 g/mol. The number of carbonyl (C=O) groups excluding carboxylic acids is 1. The summed E-state index contributed by atoms with van der Waals surface area (Å²) < 4.78 is 11.5. The van der Waals surface area contributed by atoms with Crippen LogP contribution in [0.2, 0.25) is 0 Å². The zero-order valence-corrected chi connectivity index (χ0v) is 15.8. The third-order valence-electron chi connectivity index (χ3n) is 5.18. The van der Waals surface area contributed by atoms with Gasteiger partial charge in [0.15, 0.2) is 0 Å². The Morgan fingerprint density at radius 3 is 2.59 bits per heavy atom. The van der Waals surface area contributed by atoms with Crippen LogP contribution in [0.3, 0.4) is 0 Å². The monoisotopic (exact) mass is 364 g/mol. The molecule has 140 valence electrons. The van der Waals surface area contributed by atoms with Crippen LogP contribution in [0.5, 0.6) is 5.75 Å². The number of carbonyl (C=O) groups is 1. The third kappa shape index (κ3) is 3.69. The van der Waals surface area contributed by atoms with Crippen molar-refractivity contribution >= 4 is 16.9 Å². The maximum atomic E-state index is 11.5. The van der Waals surface area contributed by atoms with Crippen LogP contribution in [0.1, 0.15) is 12.7 Å². The van der Waals surface area contributed by atoms with Crippen LogP contribution in [-0.4, -0.2) is 49.0 Å². The summed E-state index contributed by atoms with van der Waals surface area (Å²) in [7, 11) is 1.69. The number of hydrogen-bond donors (Lipinski definition) is 0. The highest BCUT2D eigenvalue weighted by Gasteiger charge is 2.19. The molecule has 0 radical (unpaired) electrons. The molecule has 1 aliphatic rings. The van der Waals surface area contributed by atoms with E-state index in [1.165, 1.54) is 0 Å². The molecule has 0 N–H and O–H groups in total. The molecular formula is C22H24N2O3. The van der Waals surface area contributed by atoms with Gasteiger partial charge in [-0.15, -0.1) is 0 Å². The van der Waals surface area contributed by atoms with Crippen LogP contribution >= 0.6 is 0 Å². The lowest BCUT2D eigenvalue weighted by Gasteiger charge is -2.33. The van der Waals surface area contributed by atoms with Gasteiger partial charge in [0.1, 0.15) is 17.1 Å². The van der Waals surface area contributed by atoms with Crippen molar-refractivity contribution in [1.29, 1.82) is 0 Å². The number of ether oxygens (including phenoxy) is 1. The minimum Gasteiger partial charge on any atom is -0.496 e. The first-order chi connectivity index (χ1) is 13.1. The van der Waals surface area contributed by atoms with Gasteiger partial charge in [-0.3, -0.25) is 9.69 Å². The van der Waals surface area contributed by atoms with Crippen LogP contribution < -0.4 is 4.74 Å². The second-order valence-electron chi connectivity index (χ2n) is 6.95. The molecule has 0 atom stereocenters. The Morgan fingerprint density at radius 1 is 1.07 bits per heavy atom. The van der Waals surface area contributed by atoms with Crippen molar-refractivity contribution in [2.75, 3.05) is 33.3 Å². The summed E-state index contributed by atoms with van der Waals surface area (Å²) in [4.78, 5) is 15.7. The van der Waals surface area contributed by atoms with Gasteiger partial charge in [-0.1, -0.05) is 24.3 Å². The van der Waals surface area contributed by atoms with Crippen molar-refractivity contribution in [2.45, 2.75) is 13.5 Å². The summed E-state index contributed by atoms with van der Waals surface area (Å²) in [5, 5.41) is 1.09. The van der Waals surface area contributed by atoms with Crippen LogP contribution in [0.4, 0.5) is 0 Å². The molecule has 3 aromatic rings. The molecule has 5 heteroatoms. The average Bonchev–Trinajstić information content (AvgIpc) is 3.09. The molecule has 0 bridgehead atoms. The van der Waals surface area contributed by atoms with Crippen molar-refractivity contribution in [3.05, 3.63) is 54.3 Å². The van der Waals surface area contributed by atoms with E-state index in [9.17, 15) is 4.79 Å². The van der Waals surface area contributed by atoms with E-state index in [4.69, 9.17) is 9.15 Å². The first kappa shape index (κ1) is 17.6. The Labute approximate surface area is 159 Å². The van der Waals surface area contributed by atoms with E-state index in [-0.39, 0.29) is 5.91 Å². The Bertz CT molecular complexity index is 955. The zero-order valence-electron chi connectivity index (χ0n) is 15.8. The lowest BCUT2D eigenvalue weighted by atomic mass is 10.0. The molecule has 4 rings (SSSR count). The van der Waals surface area contributed by atoms with E-state index in [0.717, 1.165) is 66.3 Å². The van der Waals surface area contributed by atoms with Gasteiger partial charge in [0.25, 0.3) is 0 Å². The van der Waals surface area contributed by atoms with Crippen LogP contribution in [0.15, 0.2) is 52.9 Å². The number of fused-ring (bicyclic) bond motifs is 1. The predicted octanol–water partition coefficient (Wildman–Crippen LogP) is 3.77. The smallest absolute Gasteiger partial charge is 0.219 e. The second kappa shape index (κ2) is 7.45. The molecule has 5 nitrogen and oxygen atoms in total. The van der Waals surface area contributed by atoms with Gasteiger partial charge in [0.05, 0.1) is 13.7 Å². The minimum absolute atomic E-state index is 0.155. The molecule has 1 aromatic heterocycles. The molecule has 1 saturated heterocycles. The standard InChI is InChI=1S/C22H24N2O3/c1-16(25)24-11-9-23(10-12-24)15-19-14-18-13-17(7-8-21(18)27-19)20-5-3-4-6-22(20)26-2/h3-8,13-14H,9-12,15H2,1-2H3. The number of para-hydroxylation sites is 1. The zero-order chi connectivity index (χ0) is 18.8. The maximum Gasteiger partial charge on any atom is 0.219 e. The number of hydrogen-bond acceptors (Lipinski definition) is 4. The highest BCUT2D eigenvalue weighted by molar-refractivity contribution is 5.85. The molecule has 1 amide bonds. The van der Waals surface area contributed by atoms with Gasteiger partial charge in [0, 0.05) is 44.1 Å². The Kier molecular flexibility index (Phi) is 4.86. The molecule has 0 saturated carbocycles. The van der Waals surface area contributed by atoms with Gasteiger partial charge in [-0.05, 0) is 29.8 Å². The lowest BCUT2D eigenvalue weighted by molar-refractivity contribution is -0.130. The number of piperazine rings is 1. The first-order valence-electron chi connectivity index (χ1n) is 9.28. The second-order valence-corrected chi connectivity index (χ2v) is 6.95. The van der Waals surface area contributed by atoms with E-state index in [1.54, 1.807) is 14.0 Å². The molecule has 27 heavy (non-hydrogen) atoms. The van der Waals surface area contributed by atoms with E-state index in [1.807, 2.05) is 29.2 Å². The third-order valence-corrected chi connectivity index (χ3v) is 5.18. The van der Waals surface area contributed by atoms with Crippen LogP contribution in [-0.2, 0) is 11.3 Å². The first-order valence-corrected chi connectivity index (χ1v) is 9.28. The number of furan rings is 1. The van der Waals surface area contributed by atoms with Gasteiger partial charge < -0.3 is 14.1 Å². The van der Waals surface area contributed by atoms with Crippen molar-refractivity contribution in [1.82, 2.24) is 9.80 Å². The van der Waals surface area contributed by atoms with Gasteiger partial charge in [-0.2, -0.15) is 0 Å². The van der Waals surface area contributed by atoms with Crippen LogP contribution in [0, 0.1) is 0 Å². The summed E-state index contributed by atoms with van der Waals surface area (Å²) in [6, 6.07) is 16.4. The highest BCUT2D eigenvalue weighted by atomic mass is 16.5. The Hall–Kier alpha value is -2.79. The van der Waals surface area contributed by atoms with Gasteiger partial charge in [0.2, 0.25) is 5.91 Å². The van der Waals surface area contributed by atoms with Gasteiger partial charge in [-0.25, -0.2) is 0 Å². The van der Waals surface area contributed by atoms with E-state index >= 15 is 0 Å². The largest absolute Gasteiger partial charge is 0.496 e. The summed E-state index contributed by atoms with van der Waals surface area (Å²) >= 11 is 0. The number of benzene rings is 2. The molecule has 1 aliphatic heterocycles. The normalized spacial score (nSPS) is 15.3. The fourth-order valence-corrected chi connectivity index (χ4v) is 3.67. The fraction of sp³-hybridized carbons (Fsp3) is 0.318. The SMILES string of the molecule is COc1ccccc1-c1ccc2oc(CN3CCN(C(C)=O)CC3)cc2c1. The summed E-state index contributed by atoms with van der Waals surface area (Å²) in [6.45, 7) is 5.73. The number of rotatable bonds is 4. The number of amides is 1. The molecule has 1 fully saturated rings. The number of methoxy groups -OCH3 is 1. The Morgan fingerprint density at radius 2 is 1.85 bits per heavy atom. The van der Waals surface area contributed by atoms with E-state index < -0.39 is 0 Å². The predicted molar refractivity (Wildman–Crippen MR) is 106 cm³/mol. The molecule has 0 unspecified atom stereocenters. The number of nitrogens with zero attached hydrogens (tertiary/aromatic N) is 2. The molecule has 2 aromatic carbocycles. The molecule has 0 aliphatic carbocycles. The topological polar surface area (TPSA) is 45.9 Å². The average molecular weight is 364 g/mol. The summed E-state index contributed by atoms with van der Waals surface area (Å²) in [5.74, 6) is 1.98. The van der Waals surface area contributed by atoms with Crippen molar-refractivity contribution < 1.29 is 13.9 Å². The molecule has 2 heterocycles. The van der Waals surface area contributed by atoms with Crippen molar-refractivity contribution in [2.24, 2.45) is 0 Å². The van der Waals surface area contributed by atoms with Crippen molar-refractivity contribution in [3.8, 4) is 16.9 Å². The summed E-state index contributed by atoms with van der Waals surface area (Å²) in [5.41, 5.74) is 3.08. The quantitative estimate of drug-likeness (QED) is 0.707. The highest BCUT2D eigenvalue weighted by Crippen LogP contribution is 2.32. The minimum atomic E-state index is 0.155. The van der Waals surface area contributed by atoms with Crippen molar-refractivity contribution in [3.63, 3.8) is 0 Å². The van der Waals surface area contributed by atoms with Crippen LogP contribution in [0.25, 0.3) is 22.1 Å². The van der Waals surface area contributed by atoms with E-state index in [0.29, 0.717) is 0 Å². The summed E-state index contributed by atoms with van der Waals surface area (Å²) in [6.07, 6.45) is 0.